The third-order valence-corrected chi connectivity index (χ3v) is 3.73. The van der Waals surface area contributed by atoms with Gasteiger partial charge in [-0.3, -0.25) is 0 Å². The van der Waals surface area contributed by atoms with Crippen LogP contribution in [0.5, 0.6) is 0 Å². The van der Waals surface area contributed by atoms with Gasteiger partial charge in [-0.25, -0.2) is 0 Å². The lowest BCUT2D eigenvalue weighted by Crippen LogP contribution is -2.26. The third-order valence-electron chi connectivity index (χ3n) is 3.73. The summed E-state index contributed by atoms with van der Waals surface area (Å²) < 4.78 is 5.62. The molecule has 1 fully saturated rings. The zero-order valence-corrected chi connectivity index (χ0v) is 11.2. The van der Waals surface area contributed by atoms with Gasteiger partial charge in [-0.15, -0.1) is 0 Å². The summed E-state index contributed by atoms with van der Waals surface area (Å²) in [6, 6.07) is 19.4. The minimum Gasteiger partial charge on any atom is -0.379 e. The van der Waals surface area contributed by atoms with Crippen LogP contribution in [0.4, 0.5) is 5.69 Å². The van der Waals surface area contributed by atoms with E-state index in [1.54, 1.807) is 0 Å². The lowest BCUT2D eigenvalue weighted by atomic mass is 10.0. The number of ether oxygens (including phenoxy) is 1. The Morgan fingerprint density at radius 1 is 1.00 bits per heavy atom. The molecule has 3 rings (SSSR count). The number of anilines is 1. The van der Waals surface area contributed by atoms with E-state index in [0.717, 1.165) is 13.0 Å². The van der Waals surface area contributed by atoms with Gasteiger partial charge in [0.2, 0.25) is 0 Å². The van der Waals surface area contributed by atoms with Crippen molar-refractivity contribution in [3.05, 3.63) is 54.6 Å². The van der Waals surface area contributed by atoms with Crippen LogP contribution in [0.15, 0.2) is 54.6 Å². The molecule has 0 aliphatic carbocycles. The van der Waals surface area contributed by atoms with Crippen molar-refractivity contribution >= 4 is 5.69 Å². The summed E-state index contributed by atoms with van der Waals surface area (Å²) in [7, 11) is 0. The number of benzene rings is 2. The van der Waals surface area contributed by atoms with Crippen LogP contribution in [0, 0.1) is 0 Å². The summed E-state index contributed by atoms with van der Waals surface area (Å²) in [6.45, 7) is 2.99. The Labute approximate surface area is 114 Å². The van der Waals surface area contributed by atoms with E-state index < -0.39 is 0 Å². The van der Waals surface area contributed by atoms with Gasteiger partial charge in [0.1, 0.15) is 0 Å². The van der Waals surface area contributed by atoms with Gasteiger partial charge in [-0.1, -0.05) is 48.5 Å². The molecule has 2 nitrogen and oxygen atoms in total. The molecule has 0 amide bonds. The molecule has 1 heterocycles. The van der Waals surface area contributed by atoms with Crippen molar-refractivity contribution in [1.82, 2.24) is 0 Å². The van der Waals surface area contributed by atoms with Crippen molar-refractivity contribution in [2.24, 2.45) is 0 Å². The van der Waals surface area contributed by atoms with Crippen molar-refractivity contribution in [2.45, 2.75) is 25.5 Å². The molecular formula is C17H19NO. The summed E-state index contributed by atoms with van der Waals surface area (Å²) in [6.07, 6.45) is 1.36. The van der Waals surface area contributed by atoms with Gasteiger partial charge in [-0.05, 0) is 25.0 Å². The van der Waals surface area contributed by atoms with Crippen molar-refractivity contribution < 1.29 is 4.74 Å². The summed E-state index contributed by atoms with van der Waals surface area (Å²) >= 11 is 0. The van der Waals surface area contributed by atoms with Gasteiger partial charge >= 0.3 is 0 Å². The first-order valence-electron chi connectivity index (χ1n) is 6.87. The molecule has 0 radical (unpaired) electrons. The SMILES string of the molecule is CC1OCCC1Nc1ccccc1-c1ccccc1. The number of nitrogens with one attached hydrogen (secondary N) is 1. The Balaban J connectivity index is 1.89. The number of para-hydroxylation sites is 1. The van der Waals surface area contributed by atoms with Gasteiger partial charge in [0.25, 0.3) is 0 Å². The molecule has 2 unspecified atom stereocenters. The van der Waals surface area contributed by atoms with Crippen molar-refractivity contribution in [3.63, 3.8) is 0 Å². The van der Waals surface area contributed by atoms with Crippen LogP contribution in [0.1, 0.15) is 13.3 Å². The molecular weight excluding hydrogens is 234 g/mol. The second-order valence-corrected chi connectivity index (χ2v) is 5.03. The molecule has 2 atom stereocenters. The molecule has 0 aromatic heterocycles. The molecule has 0 saturated carbocycles. The summed E-state index contributed by atoms with van der Waals surface area (Å²) in [5.74, 6) is 0. The average Bonchev–Trinajstić information content (AvgIpc) is 2.86. The van der Waals surface area contributed by atoms with Crippen LogP contribution in [0.3, 0.4) is 0 Å². The quantitative estimate of drug-likeness (QED) is 0.894. The fourth-order valence-electron chi connectivity index (χ4n) is 2.60. The Kier molecular flexibility index (Phi) is 3.51. The minimum absolute atomic E-state index is 0.281. The number of rotatable bonds is 3. The number of hydrogen-bond donors (Lipinski definition) is 1. The highest BCUT2D eigenvalue weighted by Gasteiger charge is 2.24. The third kappa shape index (κ3) is 2.64. The standard InChI is InChI=1S/C17H19NO/c1-13-16(11-12-19-13)18-17-10-6-5-9-15(17)14-7-3-2-4-8-14/h2-10,13,16,18H,11-12H2,1H3. The highest BCUT2D eigenvalue weighted by molar-refractivity contribution is 5.77. The predicted octanol–water partition coefficient (Wildman–Crippen LogP) is 3.94. The highest BCUT2D eigenvalue weighted by Crippen LogP contribution is 2.29. The topological polar surface area (TPSA) is 21.3 Å². The first-order valence-corrected chi connectivity index (χ1v) is 6.87. The van der Waals surface area contributed by atoms with Crippen LogP contribution in [0.2, 0.25) is 0 Å². The Morgan fingerprint density at radius 3 is 2.47 bits per heavy atom. The van der Waals surface area contributed by atoms with Crippen LogP contribution < -0.4 is 5.32 Å². The van der Waals surface area contributed by atoms with E-state index in [1.165, 1.54) is 16.8 Å². The Morgan fingerprint density at radius 2 is 1.74 bits per heavy atom. The van der Waals surface area contributed by atoms with E-state index in [0.29, 0.717) is 6.04 Å². The van der Waals surface area contributed by atoms with E-state index in [9.17, 15) is 0 Å². The normalized spacial score (nSPS) is 22.4. The zero-order chi connectivity index (χ0) is 13.1. The summed E-state index contributed by atoms with van der Waals surface area (Å²) in [4.78, 5) is 0. The van der Waals surface area contributed by atoms with E-state index >= 15 is 0 Å². The second kappa shape index (κ2) is 5.45. The van der Waals surface area contributed by atoms with E-state index in [4.69, 9.17) is 4.74 Å². The molecule has 2 aromatic rings. The maximum atomic E-state index is 5.62. The molecule has 98 valence electrons. The molecule has 1 N–H and O–H groups in total. The molecule has 1 aliphatic rings. The molecule has 0 spiro atoms. The first kappa shape index (κ1) is 12.2. The predicted molar refractivity (Wildman–Crippen MR) is 79.3 cm³/mol. The van der Waals surface area contributed by atoms with Gasteiger partial charge in [0.05, 0.1) is 12.1 Å². The Hall–Kier alpha value is -1.80. The van der Waals surface area contributed by atoms with Gasteiger partial charge < -0.3 is 10.1 Å². The monoisotopic (exact) mass is 253 g/mol. The fourth-order valence-corrected chi connectivity index (χ4v) is 2.60. The van der Waals surface area contributed by atoms with E-state index in [1.807, 2.05) is 6.07 Å². The van der Waals surface area contributed by atoms with Crippen molar-refractivity contribution in [1.29, 1.82) is 0 Å². The average molecular weight is 253 g/mol. The van der Waals surface area contributed by atoms with Crippen LogP contribution in [0.25, 0.3) is 11.1 Å². The Bertz CT molecular complexity index is 538. The van der Waals surface area contributed by atoms with Gasteiger partial charge in [0, 0.05) is 17.9 Å². The van der Waals surface area contributed by atoms with Crippen LogP contribution in [-0.2, 0) is 4.74 Å². The van der Waals surface area contributed by atoms with E-state index in [2.05, 4.69) is 60.8 Å². The fraction of sp³-hybridized carbons (Fsp3) is 0.294. The maximum absolute atomic E-state index is 5.62. The van der Waals surface area contributed by atoms with Gasteiger partial charge in [0.15, 0.2) is 0 Å². The molecule has 1 aliphatic heterocycles. The van der Waals surface area contributed by atoms with Crippen molar-refractivity contribution in [2.75, 3.05) is 11.9 Å². The first-order chi connectivity index (χ1) is 9.34. The van der Waals surface area contributed by atoms with Crippen LogP contribution >= 0.6 is 0 Å². The minimum atomic E-state index is 0.281. The molecule has 1 saturated heterocycles. The van der Waals surface area contributed by atoms with Gasteiger partial charge in [-0.2, -0.15) is 0 Å². The largest absolute Gasteiger partial charge is 0.379 e. The zero-order valence-electron chi connectivity index (χ0n) is 11.2. The maximum Gasteiger partial charge on any atom is 0.0748 e. The van der Waals surface area contributed by atoms with Crippen LogP contribution in [-0.4, -0.2) is 18.8 Å². The molecule has 2 heteroatoms. The lowest BCUT2D eigenvalue weighted by molar-refractivity contribution is 0.121. The smallest absolute Gasteiger partial charge is 0.0748 e. The molecule has 0 bridgehead atoms. The number of hydrogen-bond acceptors (Lipinski definition) is 2. The summed E-state index contributed by atoms with van der Waals surface area (Å²) in [5.41, 5.74) is 3.69. The molecule has 19 heavy (non-hydrogen) atoms. The van der Waals surface area contributed by atoms with E-state index in [-0.39, 0.29) is 6.10 Å². The molecule has 2 aromatic carbocycles. The van der Waals surface area contributed by atoms with Crippen molar-refractivity contribution in [3.8, 4) is 11.1 Å². The lowest BCUT2D eigenvalue weighted by Gasteiger charge is -2.20. The summed E-state index contributed by atoms with van der Waals surface area (Å²) in [5, 5.41) is 3.63. The second-order valence-electron chi connectivity index (χ2n) is 5.03. The highest BCUT2D eigenvalue weighted by atomic mass is 16.5.